The van der Waals surface area contributed by atoms with Gasteiger partial charge in [-0.25, -0.2) is 4.79 Å². The van der Waals surface area contributed by atoms with Crippen molar-refractivity contribution in [2.24, 2.45) is 7.05 Å². The number of alkyl halides is 3. The molecular weight excluding hydrogens is 335 g/mol. The number of amides is 1. The van der Waals surface area contributed by atoms with Crippen molar-refractivity contribution in [3.8, 4) is 0 Å². The van der Waals surface area contributed by atoms with E-state index in [9.17, 15) is 22.8 Å². The molecule has 0 saturated carbocycles. The molecule has 0 aliphatic carbocycles. The third-order valence-electron chi connectivity index (χ3n) is 3.83. The predicted molar refractivity (Wildman–Crippen MR) is 87.3 cm³/mol. The van der Waals surface area contributed by atoms with Crippen molar-refractivity contribution in [1.29, 1.82) is 0 Å². The van der Waals surface area contributed by atoms with E-state index in [1.807, 2.05) is 0 Å². The summed E-state index contributed by atoms with van der Waals surface area (Å²) in [5.74, 6) is -0.585. The van der Waals surface area contributed by atoms with Crippen molar-refractivity contribution in [2.75, 3.05) is 5.32 Å². The number of hydrogen-bond acceptors (Lipinski definition) is 2. The molecule has 5 nitrogen and oxygen atoms in total. The molecule has 0 unspecified atom stereocenters. The Morgan fingerprint density at radius 3 is 2.44 bits per heavy atom. The van der Waals surface area contributed by atoms with Crippen LogP contribution in [0.15, 0.2) is 53.3 Å². The van der Waals surface area contributed by atoms with Gasteiger partial charge in [0.25, 0.3) is 0 Å². The Balaban J connectivity index is 1.85. The molecule has 25 heavy (non-hydrogen) atoms. The second-order valence-electron chi connectivity index (χ2n) is 5.54. The number of nitrogens with zero attached hydrogens (tertiary/aromatic N) is 2. The van der Waals surface area contributed by atoms with Gasteiger partial charge in [0, 0.05) is 12.7 Å². The summed E-state index contributed by atoms with van der Waals surface area (Å²) in [4.78, 5) is 24.4. The number of imidazole rings is 1. The Bertz CT molecular complexity index is 1000. The molecule has 1 heterocycles. The molecule has 1 N–H and O–H groups in total. The highest BCUT2D eigenvalue weighted by Gasteiger charge is 2.30. The van der Waals surface area contributed by atoms with Crippen LogP contribution < -0.4 is 11.0 Å². The Hall–Kier alpha value is -3.03. The van der Waals surface area contributed by atoms with Gasteiger partial charge >= 0.3 is 11.9 Å². The van der Waals surface area contributed by atoms with Crippen molar-refractivity contribution in [1.82, 2.24) is 9.13 Å². The minimum Gasteiger partial charge on any atom is -0.325 e. The number of benzene rings is 2. The average Bonchev–Trinajstić information content (AvgIpc) is 2.80. The molecule has 0 aliphatic heterocycles. The SMILES string of the molecule is Cn1c(=O)n(CC(=O)Nc2cccc(C(F)(F)F)c2)c2ccccc21. The van der Waals surface area contributed by atoms with E-state index in [0.29, 0.717) is 11.0 Å². The summed E-state index contributed by atoms with van der Waals surface area (Å²) in [6.45, 7) is -0.295. The zero-order valence-electron chi connectivity index (χ0n) is 13.2. The Labute approximate surface area is 140 Å². The molecule has 8 heteroatoms. The maximum atomic E-state index is 12.7. The zero-order valence-corrected chi connectivity index (χ0v) is 13.2. The molecule has 0 aliphatic rings. The highest BCUT2D eigenvalue weighted by Crippen LogP contribution is 2.30. The summed E-state index contributed by atoms with van der Waals surface area (Å²) in [6, 6.07) is 11.3. The van der Waals surface area contributed by atoms with Crippen LogP contribution >= 0.6 is 0 Å². The molecule has 0 radical (unpaired) electrons. The van der Waals surface area contributed by atoms with E-state index >= 15 is 0 Å². The van der Waals surface area contributed by atoms with Crippen LogP contribution in [-0.2, 0) is 24.6 Å². The number of carbonyl (C=O) groups is 1. The summed E-state index contributed by atoms with van der Waals surface area (Å²) in [5, 5.41) is 2.40. The van der Waals surface area contributed by atoms with Gasteiger partial charge in [-0.3, -0.25) is 13.9 Å². The topological polar surface area (TPSA) is 56.0 Å². The van der Waals surface area contributed by atoms with Crippen LogP contribution in [0.3, 0.4) is 0 Å². The average molecular weight is 349 g/mol. The molecule has 0 saturated heterocycles. The number of carbonyl (C=O) groups excluding carboxylic acids is 1. The summed E-state index contributed by atoms with van der Waals surface area (Å²) < 4.78 is 40.9. The normalized spacial score (nSPS) is 11.7. The van der Waals surface area contributed by atoms with Crippen molar-refractivity contribution in [2.45, 2.75) is 12.7 Å². The van der Waals surface area contributed by atoms with Crippen molar-refractivity contribution < 1.29 is 18.0 Å². The maximum absolute atomic E-state index is 12.7. The standard InChI is InChI=1S/C17H14F3N3O2/c1-22-13-7-2-3-8-14(13)23(16(22)25)10-15(24)21-12-6-4-5-11(9-12)17(18,19)20/h2-9H,10H2,1H3,(H,21,24). The number of aromatic nitrogens is 2. The first kappa shape index (κ1) is 16.8. The minimum absolute atomic E-state index is 0.0214. The van der Waals surface area contributed by atoms with Gasteiger partial charge < -0.3 is 5.32 Å². The Morgan fingerprint density at radius 2 is 1.76 bits per heavy atom. The number of fused-ring (bicyclic) bond motifs is 1. The fraction of sp³-hybridized carbons (Fsp3) is 0.176. The lowest BCUT2D eigenvalue weighted by Crippen LogP contribution is -2.28. The van der Waals surface area contributed by atoms with Crippen molar-refractivity contribution >= 4 is 22.6 Å². The number of anilines is 1. The lowest BCUT2D eigenvalue weighted by atomic mass is 10.2. The van der Waals surface area contributed by atoms with Gasteiger partial charge in [0.15, 0.2) is 0 Å². The lowest BCUT2D eigenvalue weighted by molar-refractivity contribution is -0.137. The van der Waals surface area contributed by atoms with Gasteiger partial charge in [0.1, 0.15) is 6.54 Å². The van der Waals surface area contributed by atoms with Gasteiger partial charge in [-0.2, -0.15) is 13.2 Å². The van der Waals surface area contributed by atoms with Crippen LogP contribution in [0.4, 0.5) is 18.9 Å². The Morgan fingerprint density at radius 1 is 1.08 bits per heavy atom. The smallest absolute Gasteiger partial charge is 0.325 e. The van der Waals surface area contributed by atoms with E-state index < -0.39 is 17.6 Å². The fourth-order valence-electron chi connectivity index (χ4n) is 2.63. The minimum atomic E-state index is -4.49. The van der Waals surface area contributed by atoms with Gasteiger partial charge in [0.2, 0.25) is 5.91 Å². The molecule has 1 amide bonds. The van der Waals surface area contributed by atoms with E-state index in [4.69, 9.17) is 0 Å². The zero-order chi connectivity index (χ0) is 18.2. The van der Waals surface area contributed by atoms with E-state index in [0.717, 1.165) is 12.1 Å². The summed E-state index contributed by atoms with van der Waals surface area (Å²) in [7, 11) is 1.59. The largest absolute Gasteiger partial charge is 0.416 e. The van der Waals surface area contributed by atoms with Crippen LogP contribution in [0.5, 0.6) is 0 Å². The first-order valence-electron chi connectivity index (χ1n) is 7.39. The molecule has 0 atom stereocenters. The maximum Gasteiger partial charge on any atom is 0.416 e. The van der Waals surface area contributed by atoms with Gasteiger partial charge in [-0.1, -0.05) is 18.2 Å². The van der Waals surface area contributed by atoms with Crippen LogP contribution in [-0.4, -0.2) is 15.0 Å². The second-order valence-corrected chi connectivity index (χ2v) is 5.54. The molecule has 3 rings (SSSR count). The molecule has 130 valence electrons. The lowest BCUT2D eigenvalue weighted by Gasteiger charge is -2.10. The number of rotatable bonds is 3. The molecule has 0 spiro atoms. The van der Waals surface area contributed by atoms with Crippen LogP contribution in [0.2, 0.25) is 0 Å². The molecule has 0 bridgehead atoms. The second kappa shape index (κ2) is 6.12. The third-order valence-corrected chi connectivity index (χ3v) is 3.83. The van der Waals surface area contributed by atoms with Crippen molar-refractivity contribution in [3.63, 3.8) is 0 Å². The van der Waals surface area contributed by atoms with Crippen LogP contribution in [0.1, 0.15) is 5.56 Å². The highest BCUT2D eigenvalue weighted by atomic mass is 19.4. The fourth-order valence-corrected chi connectivity index (χ4v) is 2.63. The van der Waals surface area contributed by atoms with Crippen molar-refractivity contribution in [3.05, 3.63) is 64.6 Å². The summed E-state index contributed by atoms with van der Waals surface area (Å²) in [5.41, 5.74) is 0.0368. The summed E-state index contributed by atoms with van der Waals surface area (Å²) >= 11 is 0. The van der Waals surface area contributed by atoms with Gasteiger partial charge in [0.05, 0.1) is 16.6 Å². The monoisotopic (exact) mass is 349 g/mol. The predicted octanol–water partition coefficient (Wildman–Crippen LogP) is 3.00. The molecule has 2 aromatic carbocycles. The number of halogens is 3. The Kier molecular flexibility index (Phi) is 4.12. The van der Waals surface area contributed by atoms with E-state index in [2.05, 4.69) is 5.32 Å². The third kappa shape index (κ3) is 3.28. The summed E-state index contributed by atoms with van der Waals surface area (Å²) in [6.07, 6.45) is -4.49. The first-order valence-corrected chi connectivity index (χ1v) is 7.39. The quantitative estimate of drug-likeness (QED) is 0.790. The number of aryl methyl sites for hydroxylation is 1. The van der Waals surface area contributed by atoms with Crippen LogP contribution in [0, 0.1) is 0 Å². The number of hydrogen-bond donors (Lipinski definition) is 1. The van der Waals surface area contributed by atoms with E-state index in [1.54, 1.807) is 31.3 Å². The van der Waals surface area contributed by atoms with E-state index in [1.165, 1.54) is 21.3 Å². The van der Waals surface area contributed by atoms with Crippen LogP contribution in [0.25, 0.3) is 11.0 Å². The first-order chi connectivity index (χ1) is 11.8. The highest BCUT2D eigenvalue weighted by molar-refractivity contribution is 5.91. The molecule has 0 fully saturated rings. The number of para-hydroxylation sites is 2. The van der Waals surface area contributed by atoms with E-state index in [-0.39, 0.29) is 17.9 Å². The van der Waals surface area contributed by atoms with Gasteiger partial charge in [-0.05, 0) is 30.3 Å². The molecular formula is C17H14F3N3O2. The van der Waals surface area contributed by atoms with Gasteiger partial charge in [-0.15, -0.1) is 0 Å². The molecule has 1 aromatic heterocycles. The molecule has 3 aromatic rings. The number of nitrogens with one attached hydrogen (secondary N) is 1.